The van der Waals surface area contributed by atoms with E-state index in [2.05, 4.69) is 55.6 Å². The number of ether oxygens (including phenoxy) is 4. The predicted octanol–water partition coefficient (Wildman–Crippen LogP) is 9.61. The lowest BCUT2D eigenvalue weighted by atomic mass is 9.97. The summed E-state index contributed by atoms with van der Waals surface area (Å²) in [5.41, 5.74) is 0. The molecule has 426 valence electrons. The molecule has 2 aliphatic heterocycles. The van der Waals surface area contributed by atoms with Crippen LogP contribution < -0.4 is 5.32 Å². The highest BCUT2D eigenvalue weighted by Crippen LogP contribution is 2.30. The zero-order chi connectivity index (χ0) is 53.2. The summed E-state index contributed by atoms with van der Waals surface area (Å²) in [6, 6.07) is -0.910. The molecule has 1 amide bonds. The molecule has 0 saturated carbocycles. The van der Waals surface area contributed by atoms with E-state index >= 15 is 0 Å². The topological polar surface area (TPSA) is 228 Å². The van der Waals surface area contributed by atoms with Gasteiger partial charge in [0.25, 0.3) is 0 Å². The van der Waals surface area contributed by atoms with Gasteiger partial charge >= 0.3 is 0 Å². The summed E-state index contributed by atoms with van der Waals surface area (Å²) in [6.07, 6.45) is 39.4. The van der Waals surface area contributed by atoms with Crippen molar-refractivity contribution in [1.82, 2.24) is 5.32 Å². The minimum atomic E-state index is -1.79. The lowest BCUT2D eigenvalue weighted by Gasteiger charge is -2.46. The molecule has 0 aliphatic carbocycles. The summed E-state index contributed by atoms with van der Waals surface area (Å²) in [5, 5.41) is 86.5. The number of nitrogens with one attached hydrogen (secondary N) is 1. The normalized spacial score (nSPS) is 25.7. The molecule has 14 heteroatoms. The molecule has 0 aromatic heterocycles. The van der Waals surface area contributed by atoms with E-state index in [0.717, 1.165) is 64.2 Å². The Morgan fingerprint density at radius 3 is 1.40 bits per heavy atom. The molecule has 0 bridgehead atoms. The van der Waals surface area contributed by atoms with Gasteiger partial charge in [-0.3, -0.25) is 4.79 Å². The molecular weight excluding hydrogens is 931 g/mol. The quantitative estimate of drug-likeness (QED) is 0.0205. The Bertz CT molecular complexity index is 1410. The van der Waals surface area contributed by atoms with Crippen LogP contribution in [0.1, 0.15) is 226 Å². The Morgan fingerprint density at radius 1 is 0.493 bits per heavy atom. The number of amides is 1. The van der Waals surface area contributed by atoms with Crippen molar-refractivity contribution in [2.24, 2.45) is 0 Å². The van der Waals surface area contributed by atoms with Crippen molar-refractivity contribution in [2.75, 3.05) is 19.8 Å². The number of hydrogen-bond donors (Lipinski definition) is 9. The highest BCUT2D eigenvalue weighted by atomic mass is 16.7. The van der Waals surface area contributed by atoms with Crippen LogP contribution in [0.15, 0.2) is 48.6 Å². The second-order valence-electron chi connectivity index (χ2n) is 20.8. The first-order valence-electron chi connectivity index (χ1n) is 29.4. The van der Waals surface area contributed by atoms with Gasteiger partial charge in [-0.25, -0.2) is 0 Å². The van der Waals surface area contributed by atoms with Gasteiger partial charge in [0.15, 0.2) is 12.6 Å². The van der Waals surface area contributed by atoms with Crippen LogP contribution in [0, 0.1) is 0 Å². The predicted molar refractivity (Wildman–Crippen MR) is 291 cm³/mol. The van der Waals surface area contributed by atoms with E-state index < -0.39 is 86.8 Å². The second kappa shape index (κ2) is 45.0. The molecule has 2 heterocycles. The van der Waals surface area contributed by atoms with Crippen LogP contribution in [0.2, 0.25) is 0 Å². The standard InChI is InChI=1S/C59H107NO13/c1-3-5-7-9-11-12-13-14-15-16-17-18-19-20-21-22-23-24-25-26-27-28-29-30-31-32-33-34-35-36-37-39-41-43-51(64)60-47(48(63)42-40-38-10-8-6-4-2)46-70-58-56(69)54(67)57(50(45-62)72-58)73-59-55(68)53(66)52(65)49(44-61)71-59/h13-14,16-17,19-20,40,42,47-50,52-59,61-63,65-69H,3-12,15,18,21-39,41,43-46H2,1-2H3,(H,60,64)/b14-13-,17-16-,20-19-,42-40+. The van der Waals surface area contributed by atoms with Crippen molar-refractivity contribution < 1.29 is 64.6 Å². The number of hydrogen-bond acceptors (Lipinski definition) is 13. The van der Waals surface area contributed by atoms with E-state index in [0.29, 0.717) is 6.42 Å². The van der Waals surface area contributed by atoms with Gasteiger partial charge in [-0.1, -0.05) is 210 Å². The molecule has 12 atom stereocenters. The third-order valence-electron chi connectivity index (χ3n) is 14.3. The molecular formula is C59H107NO13. The number of carbonyl (C=O) groups excluding carboxylic acids is 1. The summed E-state index contributed by atoms with van der Waals surface area (Å²) < 4.78 is 22.6. The van der Waals surface area contributed by atoms with E-state index in [1.807, 2.05) is 6.08 Å². The highest BCUT2D eigenvalue weighted by molar-refractivity contribution is 5.76. The monoisotopic (exact) mass is 1040 g/mol. The Labute approximate surface area is 442 Å². The molecule has 9 N–H and O–H groups in total. The average Bonchev–Trinajstić information content (AvgIpc) is 3.39. The molecule has 2 rings (SSSR count). The summed E-state index contributed by atoms with van der Waals surface area (Å²) in [7, 11) is 0. The Morgan fingerprint density at radius 2 is 0.904 bits per heavy atom. The lowest BCUT2D eigenvalue weighted by Crippen LogP contribution is -2.65. The van der Waals surface area contributed by atoms with Crippen LogP contribution in [-0.4, -0.2) is 140 Å². The third-order valence-corrected chi connectivity index (χ3v) is 14.3. The van der Waals surface area contributed by atoms with Gasteiger partial charge in [0.1, 0.15) is 48.8 Å². The van der Waals surface area contributed by atoms with Crippen molar-refractivity contribution >= 4 is 5.91 Å². The van der Waals surface area contributed by atoms with Crippen LogP contribution in [-0.2, 0) is 23.7 Å². The summed E-state index contributed by atoms with van der Waals surface area (Å²) in [6.45, 7) is 2.69. The van der Waals surface area contributed by atoms with Gasteiger partial charge in [0.2, 0.25) is 5.91 Å². The molecule has 12 unspecified atom stereocenters. The van der Waals surface area contributed by atoms with Crippen molar-refractivity contribution in [3.63, 3.8) is 0 Å². The maximum atomic E-state index is 13.1. The fraction of sp³-hybridized carbons (Fsp3) is 0.847. The molecule has 0 aromatic rings. The molecule has 0 aromatic carbocycles. The van der Waals surface area contributed by atoms with Crippen LogP contribution in [0.4, 0.5) is 0 Å². The zero-order valence-corrected chi connectivity index (χ0v) is 45.6. The number of aliphatic hydroxyl groups excluding tert-OH is 8. The zero-order valence-electron chi connectivity index (χ0n) is 45.6. The van der Waals surface area contributed by atoms with E-state index in [9.17, 15) is 45.6 Å². The van der Waals surface area contributed by atoms with Gasteiger partial charge in [0, 0.05) is 6.42 Å². The highest BCUT2D eigenvalue weighted by Gasteiger charge is 2.51. The van der Waals surface area contributed by atoms with Crippen molar-refractivity contribution in [3.8, 4) is 0 Å². The minimum absolute atomic E-state index is 0.244. The Hall–Kier alpha value is -2.05. The number of carbonyl (C=O) groups is 1. The van der Waals surface area contributed by atoms with Crippen molar-refractivity contribution in [3.05, 3.63) is 48.6 Å². The van der Waals surface area contributed by atoms with E-state index in [1.165, 1.54) is 135 Å². The van der Waals surface area contributed by atoms with Crippen molar-refractivity contribution in [1.29, 1.82) is 0 Å². The summed E-state index contributed by atoms with van der Waals surface area (Å²) >= 11 is 0. The first kappa shape index (κ1) is 67.1. The fourth-order valence-corrected chi connectivity index (χ4v) is 9.47. The molecule has 2 fully saturated rings. The third kappa shape index (κ3) is 31.1. The number of rotatable bonds is 46. The Balaban J connectivity index is 1.56. The largest absolute Gasteiger partial charge is 0.394 e. The van der Waals surface area contributed by atoms with E-state index in [4.69, 9.17) is 18.9 Å². The van der Waals surface area contributed by atoms with E-state index in [-0.39, 0.29) is 18.9 Å². The van der Waals surface area contributed by atoms with Crippen molar-refractivity contribution in [2.45, 2.75) is 299 Å². The maximum absolute atomic E-state index is 13.1. The van der Waals surface area contributed by atoms with Gasteiger partial charge < -0.3 is 65.1 Å². The molecule has 2 aliphatic rings. The van der Waals surface area contributed by atoms with Crippen LogP contribution in [0.5, 0.6) is 0 Å². The number of allylic oxidation sites excluding steroid dienone is 7. The number of unbranched alkanes of at least 4 members (excludes halogenated alkanes) is 27. The molecule has 0 spiro atoms. The molecule has 14 nitrogen and oxygen atoms in total. The summed E-state index contributed by atoms with van der Waals surface area (Å²) in [5.74, 6) is -0.244. The average molecular weight is 1040 g/mol. The van der Waals surface area contributed by atoms with Gasteiger partial charge in [-0.15, -0.1) is 0 Å². The number of aliphatic hydroxyl groups is 8. The second-order valence-corrected chi connectivity index (χ2v) is 20.8. The van der Waals surface area contributed by atoms with Crippen LogP contribution >= 0.6 is 0 Å². The van der Waals surface area contributed by atoms with Gasteiger partial charge in [0.05, 0.1) is 32.0 Å². The van der Waals surface area contributed by atoms with Gasteiger partial charge in [-0.2, -0.15) is 0 Å². The maximum Gasteiger partial charge on any atom is 0.220 e. The summed E-state index contributed by atoms with van der Waals surface area (Å²) in [4.78, 5) is 13.1. The first-order valence-corrected chi connectivity index (χ1v) is 29.4. The molecule has 2 saturated heterocycles. The van der Waals surface area contributed by atoms with E-state index in [1.54, 1.807) is 6.08 Å². The first-order chi connectivity index (χ1) is 35.6. The van der Waals surface area contributed by atoms with Crippen LogP contribution in [0.25, 0.3) is 0 Å². The Kier molecular flexibility index (Phi) is 41.4. The molecule has 73 heavy (non-hydrogen) atoms. The lowest BCUT2D eigenvalue weighted by molar-refractivity contribution is -0.359. The van der Waals surface area contributed by atoms with Crippen LogP contribution in [0.3, 0.4) is 0 Å². The SMILES string of the molecule is CCCCCC/C=C/C(O)C(COC1OC(CO)C(OC2OC(CO)C(O)C(O)C2O)C(O)C1O)NC(=O)CCCCCCCCCCCCCCCCCCCC/C=C\C/C=C\C/C=C\CCCCCCC. The van der Waals surface area contributed by atoms with Gasteiger partial charge in [-0.05, 0) is 57.8 Å². The fourth-order valence-electron chi connectivity index (χ4n) is 9.47. The molecule has 0 radical (unpaired) electrons. The minimum Gasteiger partial charge on any atom is -0.394 e. The smallest absolute Gasteiger partial charge is 0.220 e.